The van der Waals surface area contributed by atoms with E-state index in [4.69, 9.17) is 4.74 Å². The van der Waals surface area contributed by atoms with E-state index < -0.39 is 17.7 Å². The van der Waals surface area contributed by atoms with Crippen molar-refractivity contribution in [3.8, 4) is 0 Å². The van der Waals surface area contributed by atoms with Gasteiger partial charge in [-0.2, -0.15) is 0 Å². The maximum absolute atomic E-state index is 11.2. The standard InChI is InChI=1S/C8H12O4/c1-11-7(10)8-5(9)3-2-4-6(8)12-8/h5-6,9H,2-4H2,1H3. The molecule has 1 saturated carbocycles. The molecule has 1 N–H and O–H groups in total. The summed E-state index contributed by atoms with van der Waals surface area (Å²) in [6.45, 7) is 0. The lowest BCUT2D eigenvalue weighted by Crippen LogP contribution is -2.43. The Kier molecular flexibility index (Phi) is 1.63. The summed E-state index contributed by atoms with van der Waals surface area (Å²) < 4.78 is 9.79. The van der Waals surface area contributed by atoms with Gasteiger partial charge in [0.25, 0.3) is 0 Å². The average Bonchev–Trinajstić information content (AvgIpc) is 2.80. The zero-order valence-corrected chi connectivity index (χ0v) is 6.95. The Morgan fingerprint density at radius 2 is 2.42 bits per heavy atom. The Bertz CT molecular complexity index is 215. The molecular weight excluding hydrogens is 160 g/mol. The molecule has 0 radical (unpaired) electrons. The third kappa shape index (κ3) is 0.820. The molecule has 4 heteroatoms. The fourth-order valence-corrected chi connectivity index (χ4v) is 1.95. The normalized spacial score (nSPS) is 44.8. The fourth-order valence-electron chi connectivity index (χ4n) is 1.95. The first-order chi connectivity index (χ1) is 5.71. The predicted octanol–water partition coefficient (Wildman–Crippen LogP) is -0.158. The minimum atomic E-state index is -0.993. The summed E-state index contributed by atoms with van der Waals surface area (Å²) in [7, 11) is 1.32. The molecule has 12 heavy (non-hydrogen) atoms. The topological polar surface area (TPSA) is 59.1 Å². The molecule has 0 bridgehead atoms. The number of ether oxygens (including phenoxy) is 2. The van der Waals surface area contributed by atoms with E-state index in [1.54, 1.807) is 0 Å². The molecule has 0 spiro atoms. The lowest BCUT2D eigenvalue weighted by Gasteiger charge is -2.20. The van der Waals surface area contributed by atoms with Gasteiger partial charge in [-0.15, -0.1) is 0 Å². The van der Waals surface area contributed by atoms with E-state index in [2.05, 4.69) is 4.74 Å². The minimum absolute atomic E-state index is 0.103. The van der Waals surface area contributed by atoms with E-state index in [1.165, 1.54) is 7.11 Å². The van der Waals surface area contributed by atoms with E-state index in [0.29, 0.717) is 6.42 Å². The SMILES string of the molecule is COC(=O)C12OC1CCCC2O. The molecule has 68 valence electrons. The van der Waals surface area contributed by atoms with Crippen LogP contribution in [-0.4, -0.2) is 36.0 Å². The van der Waals surface area contributed by atoms with Crippen LogP contribution in [0.5, 0.6) is 0 Å². The third-order valence-electron chi connectivity index (χ3n) is 2.70. The van der Waals surface area contributed by atoms with Crippen molar-refractivity contribution >= 4 is 5.97 Å². The lowest BCUT2D eigenvalue weighted by molar-refractivity contribution is -0.152. The van der Waals surface area contributed by atoms with Crippen LogP contribution >= 0.6 is 0 Å². The molecule has 2 fully saturated rings. The van der Waals surface area contributed by atoms with Gasteiger partial charge in [0.05, 0.1) is 13.2 Å². The second-order valence-electron chi connectivity index (χ2n) is 3.34. The second-order valence-corrected chi connectivity index (χ2v) is 3.34. The molecule has 0 amide bonds. The van der Waals surface area contributed by atoms with Gasteiger partial charge in [0.1, 0.15) is 6.10 Å². The van der Waals surface area contributed by atoms with Crippen LogP contribution in [0.2, 0.25) is 0 Å². The summed E-state index contributed by atoms with van der Waals surface area (Å²) in [5.74, 6) is -0.431. The van der Waals surface area contributed by atoms with E-state index in [9.17, 15) is 9.90 Å². The predicted molar refractivity (Wildman–Crippen MR) is 39.5 cm³/mol. The largest absolute Gasteiger partial charge is 0.467 e. The van der Waals surface area contributed by atoms with Gasteiger partial charge in [-0.1, -0.05) is 0 Å². The van der Waals surface area contributed by atoms with Gasteiger partial charge < -0.3 is 14.6 Å². The van der Waals surface area contributed by atoms with Gasteiger partial charge in [0.15, 0.2) is 0 Å². The van der Waals surface area contributed by atoms with Crippen molar-refractivity contribution in [1.29, 1.82) is 0 Å². The number of methoxy groups -OCH3 is 1. The van der Waals surface area contributed by atoms with Crippen molar-refractivity contribution in [2.75, 3.05) is 7.11 Å². The highest BCUT2D eigenvalue weighted by Crippen LogP contribution is 2.48. The molecular formula is C8H12O4. The molecule has 2 rings (SSSR count). The Morgan fingerprint density at radius 1 is 1.67 bits per heavy atom. The van der Waals surface area contributed by atoms with Gasteiger partial charge >= 0.3 is 5.97 Å². The van der Waals surface area contributed by atoms with Crippen LogP contribution in [0.1, 0.15) is 19.3 Å². The van der Waals surface area contributed by atoms with Crippen molar-refractivity contribution in [2.24, 2.45) is 0 Å². The average molecular weight is 172 g/mol. The van der Waals surface area contributed by atoms with Gasteiger partial charge in [0, 0.05) is 0 Å². The number of aliphatic hydroxyl groups is 1. The fraction of sp³-hybridized carbons (Fsp3) is 0.875. The summed E-state index contributed by atoms with van der Waals surface area (Å²) in [5.41, 5.74) is -0.993. The van der Waals surface area contributed by atoms with Crippen LogP contribution in [0, 0.1) is 0 Å². The van der Waals surface area contributed by atoms with E-state index in [1.807, 2.05) is 0 Å². The summed E-state index contributed by atoms with van der Waals surface area (Å²) in [6, 6.07) is 0. The van der Waals surface area contributed by atoms with E-state index in [0.717, 1.165) is 12.8 Å². The number of epoxide rings is 1. The summed E-state index contributed by atoms with van der Waals surface area (Å²) >= 11 is 0. The Labute approximate surface area is 70.5 Å². The first-order valence-corrected chi connectivity index (χ1v) is 4.16. The van der Waals surface area contributed by atoms with Gasteiger partial charge in [-0.25, -0.2) is 4.79 Å². The Balaban J connectivity index is 2.16. The highest BCUT2D eigenvalue weighted by Gasteiger charge is 2.69. The molecule has 4 nitrogen and oxygen atoms in total. The highest BCUT2D eigenvalue weighted by atomic mass is 16.7. The molecule has 0 aromatic rings. The zero-order valence-electron chi connectivity index (χ0n) is 6.95. The summed E-state index contributed by atoms with van der Waals surface area (Å²) in [6.07, 6.45) is 1.62. The van der Waals surface area contributed by atoms with Crippen molar-refractivity contribution in [2.45, 2.75) is 37.1 Å². The molecule has 0 aromatic carbocycles. The molecule has 1 heterocycles. The van der Waals surface area contributed by atoms with Crippen molar-refractivity contribution in [1.82, 2.24) is 0 Å². The highest BCUT2D eigenvalue weighted by molar-refractivity contribution is 5.84. The minimum Gasteiger partial charge on any atom is -0.467 e. The van der Waals surface area contributed by atoms with E-state index in [-0.39, 0.29) is 6.10 Å². The molecule has 3 atom stereocenters. The summed E-state index contributed by atoms with van der Waals surface area (Å²) in [5, 5.41) is 9.55. The van der Waals surface area contributed by atoms with Gasteiger partial charge in [-0.3, -0.25) is 0 Å². The second kappa shape index (κ2) is 2.44. The van der Waals surface area contributed by atoms with Crippen LogP contribution in [0.4, 0.5) is 0 Å². The number of aliphatic hydroxyl groups excluding tert-OH is 1. The first kappa shape index (κ1) is 8.01. The van der Waals surface area contributed by atoms with Crippen molar-refractivity contribution in [3.05, 3.63) is 0 Å². The van der Waals surface area contributed by atoms with Crippen LogP contribution in [0.3, 0.4) is 0 Å². The number of esters is 1. The van der Waals surface area contributed by atoms with Crippen LogP contribution in [0.25, 0.3) is 0 Å². The molecule has 1 aliphatic carbocycles. The van der Waals surface area contributed by atoms with Crippen molar-refractivity contribution in [3.63, 3.8) is 0 Å². The number of carbonyl (C=O) groups is 1. The number of rotatable bonds is 1. The number of fused-ring (bicyclic) bond motifs is 1. The van der Waals surface area contributed by atoms with Crippen molar-refractivity contribution < 1.29 is 19.4 Å². The van der Waals surface area contributed by atoms with Crippen LogP contribution in [0.15, 0.2) is 0 Å². The quantitative estimate of drug-likeness (QED) is 0.441. The molecule has 3 unspecified atom stereocenters. The maximum atomic E-state index is 11.2. The number of carbonyl (C=O) groups excluding carboxylic acids is 1. The monoisotopic (exact) mass is 172 g/mol. The Hall–Kier alpha value is -0.610. The van der Waals surface area contributed by atoms with E-state index >= 15 is 0 Å². The van der Waals surface area contributed by atoms with Gasteiger partial charge in [-0.05, 0) is 19.3 Å². The zero-order chi connectivity index (χ0) is 8.77. The molecule has 0 aromatic heterocycles. The number of hydrogen-bond acceptors (Lipinski definition) is 4. The maximum Gasteiger partial charge on any atom is 0.343 e. The number of hydrogen-bond donors (Lipinski definition) is 1. The van der Waals surface area contributed by atoms with Crippen LogP contribution < -0.4 is 0 Å². The molecule has 2 aliphatic rings. The summed E-state index contributed by atoms with van der Waals surface area (Å²) in [4.78, 5) is 11.2. The lowest BCUT2D eigenvalue weighted by atomic mass is 9.86. The molecule has 1 aliphatic heterocycles. The van der Waals surface area contributed by atoms with Gasteiger partial charge in [0.2, 0.25) is 5.60 Å². The third-order valence-corrected chi connectivity index (χ3v) is 2.70. The van der Waals surface area contributed by atoms with Crippen LogP contribution in [-0.2, 0) is 14.3 Å². The smallest absolute Gasteiger partial charge is 0.343 e. The molecule has 1 saturated heterocycles. The first-order valence-electron chi connectivity index (χ1n) is 4.16. The Morgan fingerprint density at radius 3 is 3.00 bits per heavy atom.